The molecule has 1 N–H and O–H groups in total. The predicted molar refractivity (Wildman–Crippen MR) is 141 cm³/mol. The first-order valence-corrected chi connectivity index (χ1v) is 14.7. The molecule has 1 aliphatic carbocycles. The molecule has 36 heavy (non-hydrogen) atoms. The standard InChI is InChI=1S/C28H37N5O2S/c1-21-9-12-26(13-10-21)36(34,35)30-22(2)17-25-20-33(31-29-25)28-8-6-7-24-18-23(11-14-27(24)28)19-32-15-4-3-5-16-32/h9-14,18,20,22,28,30H,3-8,15-17,19H2,1-2H3/t22-,28?/m0/s1. The summed E-state index contributed by atoms with van der Waals surface area (Å²) in [6.07, 6.45) is 9.74. The summed E-state index contributed by atoms with van der Waals surface area (Å²) in [5.41, 5.74) is 6.00. The highest BCUT2D eigenvalue weighted by Gasteiger charge is 2.24. The minimum atomic E-state index is -3.57. The van der Waals surface area contributed by atoms with Gasteiger partial charge in [-0.15, -0.1) is 5.10 Å². The lowest BCUT2D eigenvalue weighted by atomic mass is 9.86. The van der Waals surface area contributed by atoms with Gasteiger partial charge in [-0.3, -0.25) is 4.90 Å². The zero-order valence-electron chi connectivity index (χ0n) is 21.4. The first-order chi connectivity index (χ1) is 17.4. The smallest absolute Gasteiger partial charge is 0.240 e. The lowest BCUT2D eigenvalue weighted by Gasteiger charge is -2.29. The van der Waals surface area contributed by atoms with E-state index < -0.39 is 10.0 Å². The van der Waals surface area contributed by atoms with E-state index in [-0.39, 0.29) is 17.0 Å². The number of aromatic nitrogens is 3. The van der Waals surface area contributed by atoms with Crippen LogP contribution in [0.2, 0.25) is 0 Å². The van der Waals surface area contributed by atoms with Crippen LogP contribution in [0, 0.1) is 6.92 Å². The van der Waals surface area contributed by atoms with Crippen molar-refractivity contribution in [3.63, 3.8) is 0 Å². The van der Waals surface area contributed by atoms with Gasteiger partial charge in [0, 0.05) is 25.2 Å². The molecule has 0 saturated carbocycles. The number of piperidine rings is 1. The molecular formula is C28H37N5O2S. The number of likely N-dealkylation sites (tertiary alicyclic amines) is 1. The molecule has 1 fully saturated rings. The SMILES string of the molecule is Cc1ccc(S(=O)(=O)N[C@@H](C)Cc2cn(C3CCCc4cc(CN5CCCCC5)ccc43)nn2)cc1. The number of rotatable bonds is 8. The number of aryl methyl sites for hydroxylation is 2. The third-order valence-electron chi connectivity index (χ3n) is 7.42. The first kappa shape index (κ1) is 25.1. The van der Waals surface area contributed by atoms with Crippen LogP contribution in [0.5, 0.6) is 0 Å². The fraction of sp³-hybridized carbons (Fsp3) is 0.500. The van der Waals surface area contributed by atoms with Crippen molar-refractivity contribution in [1.82, 2.24) is 24.6 Å². The number of benzene rings is 2. The molecule has 7 nitrogen and oxygen atoms in total. The predicted octanol–water partition coefficient (Wildman–Crippen LogP) is 4.41. The highest BCUT2D eigenvalue weighted by atomic mass is 32.2. The Balaban J connectivity index is 1.24. The summed E-state index contributed by atoms with van der Waals surface area (Å²) in [5, 5.41) is 8.84. The maximum absolute atomic E-state index is 12.7. The van der Waals surface area contributed by atoms with Crippen LogP contribution in [0.25, 0.3) is 0 Å². The van der Waals surface area contributed by atoms with Gasteiger partial charge in [0.05, 0.1) is 16.6 Å². The van der Waals surface area contributed by atoms with E-state index in [0.29, 0.717) is 6.42 Å². The average Bonchev–Trinajstić information content (AvgIpc) is 3.32. The summed E-state index contributed by atoms with van der Waals surface area (Å²) in [5.74, 6) is 0. The molecule has 2 aliphatic rings. The zero-order chi connectivity index (χ0) is 25.1. The number of nitrogens with zero attached hydrogens (tertiary/aromatic N) is 4. The Morgan fingerprint density at radius 2 is 1.83 bits per heavy atom. The second-order valence-corrected chi connectivity index (χ2v) is 12.2. The third kappa shape index (κ3) is 5.88. The van der Waals surface area contributed by atoms with Gasteiger partial charge in [0.15, 0.2) is 0 Å². The summed E-state index contributed by atoms with van der Waals surface area (Å²) >= 11 is 0. The van der Waals surface area contributed by atoms with Gasteiger partial charge < -0.3 is 0 Å². The molecule has 0 bridgehead atoms. The van der Waals surface area contributed by atoms with Gasteiger partial charge in [0.25, 0.3) is 0 Å². The molecule has 0 radical (unpaired) electrons. The second kappa shape index (κ2) is 10.8. The Bertz CT molecular complexity index is 1280. The summed E-state index contributed by atoms with van der Waals surface area (Å²) in [6, 6.07) is 13.8. The molecule has 1 aliphatic heterocycles. The van der Waals surface area contributed by atoms with Gasteiger partial charge in [-0.05, 0) is 87.9 Å². The Labute approximate surface area is 215 Å². The third-order valence-corrected chi connectivity index (χ3v) is 9.03. The highest BCUT2D eigenvalue weighted by Crippen LogP contribution is 2.33. The normalized spacial score (nSPS) is 19.7. The van der Waals surface area contributed by atoms with E-state index in [2.05, 4.69) is 38.1 Å². The molecule has 0 spiro atoms. The van der Waals surface area contributed by atoms with Gasteiger partial charge in [-0.25, -0.2) is 17.8 Å². The summed E-state index contributed by atoms with van der Waals surface area (Å²) in [6.45, 7) is 7.27. The van der Waals surface area contributed by atoms with Crippen LogP contribution in [0.4, 0.5) is 0 Å². The lowest BCUT2D eigenvalue weighted by Crippen LogP contribution is -2.34. The zero-order valence-corrected chi connectivity index (χ0v) is 22.2. The molecule has 5 rings (SSSR count). The fourth-order valence-electron chi connectivity index (χ4n) is 5.56. The minimum Gasteiger partial charge on any atom is -0.299 e. The molecule has 8 heteroatoms. The molecule has 2 heterocycles. The quantitative estimate of drug-likeness (QED) is 0.489. The van der Waals surface area contributed by atoms with Crippen molar-refractivity contribution >= 4 is 10.0 Å². The van der Waals surface area contributed by atoms with Gasteiger partial charge in [0.2, 0.25) is 10.0 Å². The van der Waals surface area contributed by atoms with Crippen LogP contribution in [0.1, 0.15) is 73.0 Å². The average molecular weight is 508 g/mol. The van der Waals surface area contributed by atoms with Crippen LogP contribution < -0.4 is 4.72 Å². The van der Waals surface area contributed by atoms with E-state index in [1.165, 1.54) is 49.0 Å². The van der Waals surface area contributed by atoms with Crippen LogP contribution >= 0.6 is 0 Å². The molecule has 2 atom stereocenters. The van der Waals surface area contributed by atoms with Crippen LogP contribution in [0.3, 0.4) is 0 Å². The molecule has 2 aromatic carbocycles. The van der Waals surface area contributed by atoms with Crippen LogP contribution in [-0.2, 0) is 29.4 Å². The van der Waals surface area contributed by atoms with Crippen molar-refractivity contribution in [2.75, 3.05) is 13.1 Å². The number of sulfonamides is 1. The van der Waals surface area contributed by atoms with Gasteiger partial charge >= 0.3 is 0 Å². The van der Waals surface area contributed by atoms with Crippen LogP contribution in [-0.4, -0.2) is 47.4 Å². The molecular weight excluding hydrogens is 470 g/mol. The van der Waals surface area contributed by atoms with E-state index in [9.17, 15) is 8.42 Å². The van der Waals surface area contributed by atoms with Crippen molar-refractivity contribution in [2.45, 2.75) is 82.3 Å². The van der Waals surface area contributed by atoms with Crippen LogP contribution in [0.15, 0.2) is 53.6 Å². The maximum Gasteiger partial charge on any atom is 0.240 e. The topological polar surface area (TPSA) is 80.1 Å². The Morgan fingerprint density at radius 1 is 1.06 bits per heavy atom. The highest BCUT2D eigenvalue weighted by molar-refractivity contribution is 7.89. The number of fused-ring (bicyclic) bond motifs is 1. The van der Waals surface area contributed by atoms with Crippen molar-refractivity contribution < 1.29 is 8.42 Å². The molecule has 3 aromatic rings. The molecule has 192 valence electrons. The Hall–Kier alpha value is -2.55. The molecule has 0 amide bonds. The van der Waals surface area contributed by atoms with Crippen molar-refractivity contribution in [3.05, 3.63) is 76.6 Å². The largest absolute Gasteiger partial charge is 0.299 e. The second-order valence-electron chi connectivity index (χ2n) is 10.5. The van der Waals surface area contributed by atoms with Crippen molar-refractivity contribution in [3.8, 4) is 0 Å². The number of hydrogen-bond donors (Lipinski definition) is 1. The minimum absolute atomic E-state index is 0.179. The van der Waals surface area contributed by atoms with E-state index in [4.69, 9.17) is 0 Å². The summed E-state index contributed by atoms with van der Waals surface area (Å²) < 4.78 is 30.2. The van der Waals surface area contributed by atoms with Gasteiger partial charge in [-0.1, -0.05) is 47.5 Å². The summed E-state index contributed by atoms with van der Waals surface area (Å²) in [7, 11) is -3.57. The van der Waals surface area contributed by atoms with Crippen molar-refractivity contribution in [1.29, 1.82) is 0 Å². The van der Waals surface area contributed by atoms with E-state index in [1.54, 1.807) is 12.1 Å². The Morgan fingerprint density at radius 3 is 2.61 bits per heavy atom. The molecule has 1 saturated heterocycles. The van der Waals surface area contributed by atoms with E-state index >= 15 is 0 Å². The first-order valence-electron chi connectivity index (χ1n) is 13.2. The molecule has 1 aromatic heterocycles. The number of nitrogens with one attached hydrogen (secondary N) is 1. The molecule has 1 unspecified atom stereocenters. The maximum atomic E-state index is 12.7. The van der Waals surface area contributed by atoms with Gasteiger partial charge in [-0.2, -0.15) is 0 Å². The van der Waals surface area contributed by atoms with Crippen molar-refractivity contribution in [2.24, 2.45) is 0 Å². The monoisotopic (exact) mass is 507 g/mol. The van der Waals surface area contributed by atoms with Gasteiger partial charge in [0.1, 0.15) is 0 Å². The lowest BCUT2D eigenvalue weighted by molar-refractivity contribution is 0.221. The fourth-order valence-corrected chi connectivity index (χ4v) is 6.80. The van der Waals surface area contributed by atoms with E-state index in [0.717, 1.165) is 37.1 Å². The summed E-state index contributed by atoms with van der Waals surface area (Å²) in [4.78, 5) is 2.85. The van der Waals surface area contributed by atoms with E-state index in [1.807, 2.05) is 36.9 Å². The number of hydrogen-bond acceptors (Lipinski definition) is 5. The Kier molecular flexibility index (Phi) is 7.55.